The SMILES string of the molecule is CCn1c(C)cc(C(=O)CSc2nnnn2-c2cccc(NC(C)=O)c2)c1C. The number of rotatable bonds is 7. The molecule has 2 heterocycles. The summed E-state index contributed by atoms with van der Waals surface area (Å²) in [6.45, 7) is 8.31. The van der Waals surface area contributed by atoms with Crippen molar-refractivity contribution in [3.63, 3.8) is 0 Å². The van der Waals surface area contributed by atoms with Crippen molar-refractivity contribution in [3.8, 4) is 5.69 Å². The summed E-state index contributed by atoms with van der Waals surface area (Å²) in [6, 6.07) is 9.14. The van der Waals surface area contributed by atoms with Crippen LogP contribution in [-0.4, -0.2) is 42.2 Å². The van der Waals surface area contributed by atoms with Gasteiger partial charge < -0.3 is 9.88 Å². The topological polar surface area (TPSA) is 94.7 Å². The predicted molar refractivity (Wildman–Crippen MR) is 108 cm³/mol. The van der Waals surface area contributed by atoms with Crippen molar-refractivity contribution in [2.24, 2.45) is 0 Å². The highest BCUT2D eigenvalue weighted by Gasteiger charge is 2.17. The van der Waals surface area contributed by atoms with Crippen LogP contribution in [0.4, 0.5) is 5.69 Å². The first-order chi connectivity index (χ1) is 13.4. The number of Topliss-reactive ketones (excluding diaryl/α,β-unsaturated/α-hetero) is 1. The van der Waals surface area contributed by atoms with Crippen LogP contribution in [0.2, 0.25) is 0 Å². The Morgan fingerprint density at radius 1 is 1.21 bits per heavy atom. The zero-order valence-electron chi connectivity index (χ0n) is 16.3. The van der Waals surface area contributed by atoms with E-state index < -0.39 is 0 Å². The Hall–Kier alpha value is -2.94. The Morgan fingerprint density at radius 2 is 2.00 bits per heavy atom. The molecular formula is C19H22N6O2S. The fourth-order valence-corrected chi connectivity index (χ4v) is 3.90. The standard InChI is InChI=1S/C19H22N6O2S/c1-5-24-12(2)9-17(13(24)3)18(27)11-28-19-21-22-23-25(19)16-8-6-7-15(10-16)20-14(4)26/h6-10H,5,11H2,1-4H3,(H,20,26). The van der Waals surface area contributed by atoms with Gasteiger partial charge in [-0.05, 0) is 55.5 Å². The average Bonchev–Trinajstić information content (AvgIpc) is 3.23. The third-order valence-electron chi connectivity index (χ3n) is 4.37. The van der Waals surface area contributed by atoms with Crippen LogP contribution in [0.3, 0.4) is 0 Å². The van der Waals surface area contributed by atoms with Crippen LogP contribution in [0.15, 0.2) is 35.5 Å². The highest BCUT2D eigenvalue weighted by Crippen LogP contribution is 2.23. The van der Waals surface area contributed by atoms with Gasteiger partial charge in [-0.15, -0.1) is 5.10 Å². The monoisotopic (exact) mass is 398 g/mol. The molecule has 0 aliphatic rings. The first-order valence-electron chi connectivity index (χ1n) is 8.89. The van der Waals surface area contributed by atoms with Crippen molar-refractivity contribution >= 4 is 29.1 Å². The van der Waals surface area contributed by atoms with Crippen molar-refractivity contribution in [2.75, 3.05) is 11.1 Å². The highest BCUT2D eigenvalue weighted by atomic mass is 32.2. The molecule has 0 spiro atoms. The van der Waals surface area contributed by atoms with E-state index in [4.69, 9.17) is 0 Å². The van der Waals surface area contributed by atoms with E-state index in [1.54, 1.807) is 16.8 Å². The fourth-order valence-electron chi connectivity index (χ4n) is 3.13. The van der Waals surface area contributed by atoms with E-state index in [9.17, 15) is 9.59 Å². The second kappa shape index (κ2) is 8.39. The third-order valence-corrected chi connectivity index (χ3v) is 5.29. The molecule has 9 heteroatoms. The maximum absolute atomic E-state index is 12.7. The molecule has 0 aliphatic heterocycles. The van der Waals surface area contributed by atoms with E-state index in [0.717, 1.165) is 23.5 Å². The maximum Gasteiger partial charge on any atom is 0.221 e. The van der Waals surface area contributed by atoms with Crippen molar-refractivity contribution in [1.82, 2.24) is 24.8 Å². The average molecular weight is 398 g/mol. The second-order valence-electron chi connectivity index (χ2n) is 6.35. The molecule has 8 nitrogen and oxygen atoms in total. The lowest BCUT2D eigenvalue weighted by Crippen LogP contribution is -2.08. The Balaban J connectivity index is 1.76. The molecule has 0 radical (unpaired) electrons. The van der Waals surface area contributed by atoms with Crippen molar-refractivity contribution in [1.29, 1.82) is 0 Å². The number of carbonyl (C=O) groups is 2. The first-order valence-corrected chi connectivity index (χ1v) is 9.88. The van der Waals surface area contributed by atoms with E-state index in [1.807, 2.05) is 32.0 Å². The van der Waals surface area contributed by atoms with E-state index in [-0.39, 0.29) is 17.4 Å². The van der Waals surface area contributed by atoms with Gasteiger partial charge in [0.2, 0.25) is 11.1 Å². The van der Waals surface area contributed by atoms with Gasteiger partial charge in [0, 0.05) is 36.1 Å². The van der Waals surface area contributed by atoms with E-state index in [1.165, 1.54) is 18.7 Å². The molecule has 0 atom stereocenters. The van der Waals surface area contributed by atoms with Gasteiger partial charge in [0.05, 0.1) is 11.4 Å². The zero-order valence-corrected chi connectivity index (χ0v) is 17.1. The van der Waals surface area contributed by atoms with Crippen LogP contribution in [-0.2, 0) is 11.3 Å². The van der Waals surface area contributed by atoms with Crippen LogP contribution < -0.4 is 5.32 Å². The lowest BCUT2D eigenvalue weighted by atomic mass is 10.2. The van der Waals surface area contributed by atoms with Crippen molar-refractivity contribution in [3.05, 3.63) is 47.3 Å². The van der Waals surface area contributed by atoms with Gasteiger partial charge in [0.15, 0.2) is 5.78 Å². The largest absolute Gasteiger partial charge is 0.349 e. The predicted octanol–water partition coefficient (Wildman–Crippen LogP) is 3.03. The van der Waals surface area contributed by atoms with Crippen molar-refractivity contribution in [2.45, 2.75) is 39.4 Å². The van der Waals surface area contributed by atoms with Crippen molar-refractivity contribution < 1.29 is 9.59 Å². The first kappa shape index (κ1) is 19.8. The molecule has 0 bridgehead atoms. The summed E-state index contributed by atoms with van der Waals surface area (Å²) in [7, 11) is 0. The number of hydrogen-bond acceptors (Lipinski definition) is 6. The van der Waals surface area contributed by atoms with Crippen LogP contribution in [0.25, 0.3) is 5.69 Å². The number of aryl methyl sites for hydroxylation is 1. The van der Waals surface area contributed by atoms with Gasteiger partial charge >= 0.3 is 0 Å². The second-order valence-corrected chi connectivity index (χ2v) is 7.29. The van der Waals surface area contributed by atoms with Gasteiger partial charge in [0.1, 0.15) is 0 Å². The summed E-state index contributed by atoms with van der Waals surface area (Å²) in [6.07, 6.45) is 0. The molecule has 0 fully saturated rings. The molecule has 0 saturated carbocycles. The number of nitrogens with zero attached hydrogens (tertiary/aromatic N) is 5. The van der Waals surface area contributed by atoms with Crippen LogP contribution in [0.1, 0.15) is 35.6 Å². The van der Waals surface area contributed by atoms with Gasteiger partial charge in [-0.1, -0.05) is 17.8 Å². The lowest BCUT2D eigenvalue weighted by Gasteiger charge is -2.07. The molecule has 3 rings (SSSR count). The molecule has 0 aliphatic carbocycles. The smallest absolute Gasteiger partial charge is 0.221 e. The molecular weight excluding hydrogens is 376 g/mol. The van der Waals surface area contributed by atoms with E-state index in [0.29, 0.717) is 16.5 Å². The maximum atomic E-state index is 12.7. The van der Waals surface area contributed by atoms with Crippen LogP contribution in [0, 0.1) is 13.8 Å². The molecule has 0 saturated heterocycles. The summed E-state index contributed by atoms with van der Waals surface area (Å²) in [5.74, 6) is 0.123. The summed E-state index contributed by atoms with van der Waals surface area (Å²) in [5, 5.41) is 15.0. The minimum atomic E-state index is -0.154. The number of nitrogens with one attached hydrogen (secondary N) is 1. The number of ketones is 1. The molecule has 2 aromatic heterocycles. The Labute approximate surface area is 167 Å². The fraction of sp³-hybridized carbons (Fsp3) is 0.316. The zero-order chi connectivity index (χ0) is 20.3. The van der Waals surface area contributed by atoms with Gasteiger partial charge in [-0.3, -0.25) is 9.59 Å². The van der Waals surface area contributed by atoms with Gasteiger partial charge in [-0.25, -0.2) is 0 Å². The number of anilines is 1. The number of benzene rings is 1. The number of tetrazole rings is 1. The number of thioether (sulfide) groups is 1. The minimum Gasteiger partial charge on any atom is -0.349 e. The van der Waals surface area contributed by atoms with Gasteiger partial charge in [-0.2, -0.15) is 4.68 Å². The molecule has 0 unspecified atom stereocenters. The quantitative estimate of drug-likeness (QED) is 0.486. The Morgan fingerprint density at radius 3 is 2.68 bits per heavy atom. The minimum absolute atomic E-state index is 0.0411. The summed E-state index contributed by atoms with van der Waals surface area (Å²) in [5.41, 5.74) is 4.15. The molecule has 1 amide bonds. The third kappa shape index (κ3) is 4.14. The Kier molecular flexibility index (Phi) is 5.93. The molecule has 1 aromatic carbocycles. The number of aromatic nitrogens is 5. The lowest BCUT2D eigenvalue weighted by molar-refractivity contribution is -0.114. The molecule has 146 valence electrons. The van der Waals surface area contributed by atoms with Gasteiger partial charge in [0.25, 0.3) is 0 Å². The van der Waals surface area contributed by atoms with Crippen LogP contribution in [0.5, 0.6) is 0 Å². The van der Waals surface area contributed by atoms with E-state index >= 15 is 0 Å². The number of hydrogen-bond donors (Lipinski definition) is 1. The molecule has 28 heavy (non-hydrogen) atoms. The van der Waals surface area contributed by atoms with Crippen LogP contribution >= 0.6 is 11.8 Å². The number of amides is 1. The van der Waals surface area contributed by atoms with E-state index in [2.05, 4.69) is 32.3 Å². The molecule has 1 N–H and O–H groups in total. The summed E-state index contributed by atoms with van der Waals surface area (Å²) < 4.78 is 3.67. The highest BCUT2D eigenvalue weighted by molar-refractivity contribution is 7.99. The number of carbonyl (C=O) groups excluding carboxylic acids is 2. The molecule has 3 aromatic rings. The summed E-state index contributed by atoms with van der Waals surface area (Å²) >= 11 is 1.28. The normalized spacial score (nSPS) is 10.9. The Bertz CT molecular complexity index is 1020. The summed E-state index contributed by atoms with van der Waals surface area (Å²) in [4.78, 5) is 24.0.